The molecule has 1 unspecified atom stereocenters. The topological polar surface area (TPSA) is 84.9 Å². The number of rotatable bonds is 9. The summed E-state index contributed by atoms with van der Waals surface area (Å²) in [4.78, 5) is 22.8. The van der Waals surface area contributed by atoms with Crippen LogP contribution in [0.5, 0.6) is 5.75 Å². The van der Waals surface area contributed by atoms with Gasteiger partial charge in [0, 0.05) is 13.7 Å². The van der Waals surface area contributed by atoms with E-state index in [2.05, 4.69) is 5.32 Å². The molecule has 1 atom stereocenters. The lowest BCUT2D eigenvalue weighted by atomic mass is 10.1. The Morgan fingerprint density at radius 2 is 2.14 bits per heavy atom. The molecule has 0 aliphatic heterocycles. The smallest absolute Gasteiger partial charge is 0.326 e. The molecule has 1 rings (SSSR count). The number of carbonyl (C=O) groups excluding carboxylic acids is 1. The van der Waals surface area contributed by atoms with Crippen LogP contribution in [0.25, 0.3) is 0 Å². The third kappa shape index (κ3) is 6.76. The van der Waals surface area contributed by atoms with Gasteiger partial charge in [-0.1, -0.05) is 12.1 Å². The van der Waals surface area contributed by atoms with E-state index in [4.69, 9.17) is 14.6 Å². The van der Waals surface area contributed by atoms with Crippen LogP contribution in [0.1, 0.15) is 18.4 Å². The quantitative estimate of drug-likeness (QED) is 0.672. The number of carboxylic acids is 1. The van der Waals surface area contributed by atoms with Gasteiger partial charge < -0.3 is 19.9 Å². The van der Waals surface area contributed by atoms with Crippen molar-refractivity contribution in [3.63, 3.8) is 0 Å². The van der Waals surface area contributed by atoms with Crippen LogP contribution >= 0.6 is 0 Å². The van der Waals surface area contributed by atoms with Crippen molar-refractivity contribution in [2.24, 2.45) is 0 Å². The summed E-state index contributed by atoms with van der Waals surface area (Å²) >= 11 is 0. The van der Waals surface area contributed by atoms with Crippen molar-refractivity contribution in [2.75, 3.05) is 20.3 Å². The van der Waals surface area contributed by atoms with Crippen LogP contribution in [0.2, 0.25) is 0 Å². The number of ether oxygens (including phenoxy) is 2. The van der Waals surface area contributed by atoms with Gasteiger partial charge in [0.2, 0.25) is 0 Å². The van der Waals surface area contributed by atoms with Crippen molar-refractivity contribution in [1.29, 1.82) is 0 Å². The zero-order chi connectivity index (χ0) is 15.7. The Labute approximate surface area is 124 Å². The Kier molecular flexibility index (Phi) is 7.25. The summed E-state index contributed by atoms with van der Waals surface area (Å²) in [6.07, 6.45) is 0.881. The maximum atomic E-state index is 11.7. The molecule has 0 saturated carbocycles. The van der Waals surface area contributed by atoms with Gasteiger partial charge >= 0.3 is 5.97 Å². The number of nitrogens with one attached hydrogen (secondary N) is 1. The van der Waals surface area contributed by atoms with Gasteiger partial charge in [-0.2, -0.15) is 0 Å². The van der Waals surface area contributed by atoms with Crippen LogP contribution in [0, 0.1) is 6.92 Å². The minimum Gasteiger partial charge on any atom is -0.484 e. The van der Waals surface area contributed by atoms with E-state index >= 15 is 0 Å². The predicted octanol–water partition coefficient (Wildman–Crippen LogP) is 1.37. The van der Waals surface area contributed by atoms with Crippen molar-refractivity contribution in [1.82, 2.24) is 5.32 Å². The van der Waals surface area contributed by atoms with E-state index in [0.29, 0.717) is 25.2 Å². The molecule has 21 heavy (non-hydrogen) atoms. The molecule has 0 aromatic heterocycles. The molecule has 0 radical (unpaired) electrons. The molecule has 0 heterocycles. The predicted molar refractivity (Wildman–Crippen MR) is 77.4 cm³/mol. The van der Waals surface area contributed by atoms with Gasteiger partial charge in [-0.3, -0.25) is 4.79 Å². The van der Waals surface area contributed by atoms with Crippen LogP contribution < -0.4 is 10.1 Å². The third-order valence-corrected chi connectivity index (χ3v) is 2.83. The third-order valence-electron chi connectivity index (χ3n) is 2.83. The van der Waals surface area contributed by atoms with Crippen molar-refractivity contribution in [3.05, 3.63) is 29.8 Å². The maximum Gasteiger partial charge on any atom is 0.326 e. The number of carboxylic acid groups (broad SMARTS) is 1. The first-order chi connectivity index (χ1) is 10.0. The van der Waals surface area contributed by atoms with Gasteiger partial charge in [-0.15, -0.1) is 0 Å². The lowest BCUT2D eigenvalue weighted by Gasteiger charge is -2.14. The Hall–Kier alpha value is -2.08. The van der Waals surface area contributed by atoms with Crippen LogP contribution in [-0.4, -0.2) is 43.3 Å². The second kappa shape index (κ2) is 8.97. The van der Waals surface area contributed by atoms with Crippen LogP contribution in [-0.2, 0) is 14.3 Å². The van der Waals surface area contributed by atoms with Gasteiger partial charge in [-0.05, 0) is 37.5 Å². The molecule has 0 saturated heterocycles. The van der Waals surface area contributed by atoms with E-state index in [1.807, 2.05) is 19.1 Å². The summed E-state index contributed by atoms with van der Waals surface area (Å²) in [7, 11) is 1.55. The zero-order valence-electron chi connectivity index (χ0n) is 12.3. The standard InChI is InChI=1S/C15H21NO5/c1-11-5-3-6-12(9-11)21-10-14(17)16-13(15(18)19)7-4-8-20-2/h3,5-6,9,13H,4,7-8,10H2,1-2H3,(H,16,17)(H,18,19). The highest BCUT2D eigenvalue weighted by Gasteiger charge is 2.19. The molecule has 0 fully saturated rings. The second-order valence-corrected chi connectivity index (χ2v) is 4.70. The fourth-order valence-electron chi connectivity index (χ4n) is 1.78. The molecule has 1 aromatic carbocycles. The van der Waals surface area contributed by atoms with Crippen LogP contribution in [0.4, 0.5) is 0 Å². The van der Waals surface area contributed by atoms with E-state index in [9.17, 15) is 9.59 Å². The number of benzene rings is 1. The number of methoxy groups -OCH3 is 1. The lowest BCUT2D eigenvalue weighted by Crippen LogP contribution is -2.43. The molecule has 0 aliphatic rings. The summed E-state index contributed by atoms with van der Waals surface area (Å²) < 4.78 is 10.2. The average molecular weight is 295 g/mol. The molecular formula is C15H21NO5. The van der Waals surface area contributed by atoms with E-state index in [1.54, 1.807) is 19.2 Å². The van der Waals surface area contributed by atoms with Gasteiger partial charge in [-0.25, -0.2) is 4.79 Å². The summed E-state index contributed by atoms with van der Waals surface area (Å²) in [5.41, 5.74) is 1.02. The number of aliphatic carboxylic acids is 1. The Morgan fingerprint density at radius 1 is 1.38 bits per heavy atom. The monoisotopic (exact) mass is 295 g/mol. The van der Waals surface area contributed by atoms with E-state index < -0.39 is 17.9 Å². The number of aryl methyl sites for hydroxylation is 1. The SMILES string of the molecule is COCCCC(NC(=O)COc1cccc(C)c1)C(=O)O. The molecule has 6 heteroatoms. The van der Waals surface area contributed by atoms with Gasteiger partial charge in [0.25, 0.3) is 5.91 Å². The minimum absolute atomic E-state index is 0.211. The van der Waals surface area contributed by atoms with Crippen LogP contribution in [0.15, 0.2) is 24.3 Å². The molecule has 1 aromatic rings. The summed E-state index contributed by atoms with van der Waals surface area (Å²) in [6, 6.07) is 6.37. The average Bonchev–Trinajstić information content (AvgIpc) is 2.44. The first kappa shape index (κ1) is 17.0. The molecule has 0 bridgehead atoms. The Bertz CT molecular complexity index is 475. The largest absolute Gasteiger partial charge is 0.484 e. The molecule has 1 amide bonds. The highest BCUT2D eigenvalue weighted by atomic mass is 16.5. The first-order valence-electron chi connectivity index (χ1n) is 6.73. The highest BCUT2D eigenvalue weighted by molar-refractivity contribution is 5.84. The fourth-order valence-corrected chi connectivity index (χ4v) is 1.78. The van der Waals surface area contributed by atoms with E-state index in [0.717, 1.165) is 5.56 Å². The summed E-state index contributed by atoms with van der Waals surface area (Å²) in [6.45, 7) is 2.17. The molecule has 0 spiro atoms. The zero-order valence-corrected chi connectivity index (χ0v) is 12.3. The molecule has 6 nitrogen and oxygen atoms in total. The molecule has 2 N–H and O–H groups in total. The Balaban J connectivity index is 2.41. The van der Waals surface area contributed by atoms with Crippen molar-refractivity contribution < 1.29 is 24.2 Å². The van der Waals surface area contributed by atoms with Crippen molar-refractivity contribution >= 4 is 11.9 Å². The molecule has 116 valence electrons. The maximum absolute atomic E-state index is 11.7. The number of carbonyl (C=O) groups is 2. The molecule has 0 aliphatic carbocycles. The van der Waals surface area contributed by atoms with Crippen molar-refractivity contribution in [3.8, 4) is 5.75 Å². The highest BCUT2D eigenvalue weighted by Crippen LogP contribution is 2.12. The number of hydrogen-bond acceptors (Lipinski definition) is 4. The normalized spacial score (nSPS) is 11.7. The summed E-state index contributed by atoms with van der Waals surface area (Å²) in [5, 5.41) is 11.5. The van der Waals surface area contributed by atoms with Gasteiger partial charge in [0.15, 0.2) is 6.61 Å². The number of hydrogen-bond donors (Lipinski definition) is 2. The minimum atomic E-state index is -1.06. The fraction of sp³-hybridized carbons (Fsp3) is 0.467. The lowest BCUT2D eigenvalue weighted by molar-refractivity contribution is -0.142. The van der Waals surface area contributed by atoms with Gasteiger partial charge in [0.05, 0.1) is 0 Å². The number of amides is 1. The van der Waals surface area contributed by atoms with Crippen LogP contribution in [0.3, 0.4) is 0 Å². The van der Waals surface area contributed by atoms with E-state index in [1.165, 1.54) is 0 Å². The Morgan fingerprint density at radius 3 is 2.76 bits per heavy atom. The van der Waals surface area contributed by atoms with E-state index in [-0.39, 0.29) is 6.61 Å². The second-order valence-electron chi connectivity index (χ2n) is 4.70. The van der Waals surface area contributed by atoms with Crippen molar-refractivity contribution in [2.45, 2.75) is 25.8 Å². The first-order valence-corrected chi connectivity index (χ1v) is 6.73. The molecular weight excluding hydrogens is 274 g/mol. The summed E-state index contributed by atoms with van der Waals surface area (Å²) in [5.74, 6) is -0.937. The van der Waals surface area contributed by atoms with Gasteiger partial charge in [0.1, 0.15) is 11.8 Å².